The highest BCUT2D eigenvalue weighted by Crippen LogP contribution is 2.29. The number of halogens is 2. The zero-order valence-electron chi connectivity index (χ0n) is 16.2. The summed E-state index contributed by atoms with van der Waals surface area (Å²) in [6.07, 6.45) is 3.00. The Morgan fingerprint density at radius 1 is 1.21 bits per heavy atom. The number of hydrogen-bond acceptors (Lipinski definition) is 4. The molecule has 2 aromatic carbocycles. The van der Waals surface area contributed by atoms with Gasteiger partial charge >= 0.3 is 0 Å². The summed E-state index contributed by atoms with van der Waals surface area (Å²) in [5.74, 6) is 0.991. The maximum atomic E-state index is 12.9. The predicted molar refractivity (Wildman–Crippen MR) is 120 cm³/mol. The number of hydrogen-bond donors (Lipinski definition) is 1. The third-order valence-corrected chi connectivity index (χ3v) is 4.65. The van der Waals surface area contributed by atoms with Gasteiger partial charge in [0.1, 0.15) is 5.75 Å². The second kappa shape index (κ2) is 9.16. The van der Waals surface area contributed by atoms with Crippen molar-refractivity contribution in [3.63, 3.8) is 0 Å². The van der Waals surface area contributed by atoms with E-state index in [2.05, 4.69) is 16.9 Å². The lowest BCUT2D eigenvalue weighted by atomic mass is 10.2. The molecule has 3 aromatic rings. The minimum atomic E-state index is -0.196. The van der Waals surface area contributed by atoms with Gasteiger partial charge in [-0.15, -0.1) is 0 Å². The average molecular weight is 430 g/mol. The molecule has 1 heterocycles. The van der Waals surface area contributed by atoms with Gasteiger partial charge in [-0.05, 0) is 49.7 Å². The second-order valence-corrected chi connectivity index (χ2v) is 7.54. The van der Waals surface area contributed by atoms with Crippen LogP contribution in [0.2, 0.25) is 10.0 Å². The Morgan fingerprint density at radius 3 is 2.55 bits per heavy atom. The number of anilines is 2. The Morgan fingerprint density at radius 2 is 1.93 bits per heavy atom. The van der Waals surface area contributed by atoms with Gasteiger partial charge in [0.25, 0.3) is 5.56 Å². The molecule has 0 aliphatic heterocycles. The number of ether oxygens (including phenoxy) is 1. The average Bonchev–Trinajstić information content (AvgIpc) is 2.68. The fraction of sp³-hybridized carbons (Fsp3) is 0.182. The summed E-state index contributed by atoms with van der Waals surface area (Å²) in [7, 11) is 0. The fourth-order valence-electron chi connectivity index (χ4n) is 2.72. The van der Waals surface area contributed by atoms with Gasteiger partial charge in [0.2, 0.25) is 5.95 Å². The molecule has 0 amide bonds. The van der Waals surface area contributed by atoms with Crippen LogP contribution in [0.5, 0.6) is 5.75 Å². The quantitative estimate of drug-likeness (QED) is 0.517. The van der Waals surface area contributed by atoms with Crippen LogP contribution in [0.4, 0.5) is 11.6 Å². The lowest BCUT2D eigenvalue weighted by Crippen LogP contribution is -2.26. The first-order valence-corrected chi connectivity index (χ1v) is 9.83. The minimum absolute atomic E-state index is 0.0176. The van der Waals surface area contributed by atoms with Crippen LogP contribution in [0.15, 0.2) is 60.0 Å². The molecular formula is C22H21Cl2N3O2. The standard InChI is InChI=1S/C22H21Cl2N3O2/c1-4-16-12-25-22(26-18-9-10-20(19(24)11-18)29-14(2)3)27(21(16)28)13-15-5-7-17(23)8-6-15/h4-12,14H,1,13H2,2-3H3,(H,25,26). The molecule has 5 nitrogen and oxygen atoms in total. The molecule has 150 valence electrons. The number of nitrogens with zero attached hydrogens (tertiary/aromatic N) is 2. The molecule has 0 radical (unpaired) electrons. The van der Waals surface area contributed by atoms with Crippen LogP contribution in [0.3, 0.4) is 0 Å². The Hall–Kier alpha value is -2.76. The molecule has 0 unspecified atom stereocenters. The van der Waals surface area contributed by atoms with Gasteiger partial charge in [0.15, 0.2) is 0 Å². The summed E-state index contributed by atoms with van der Waals surface area (Å²) in [6, 6.07) is 12.6. The van der Waals surface area contributed by atoms with Crippen LogP contribution >= 0.6 is 23.2 Å². The zero-order chi connectivity index (χ0) is 21.0. The third-order valence-electron chi connectivity index (χ3n) is 4.10. The number of aromatic nitrogens is 2. The van der Waals surface area contributed by atoms with Crippen molar-refractivity contribution in [1.29, 1.82) is 0 Å². The summed E-state index contributed by atoms with van der Waals surface area (Å²) >= 11 is 12.3. The lowest BCUT2D eigenvalue weighted by molar-refractivity contribution is 0.242. The highest BCUT2D eigenvalue weighted by Gasteiger charge is 2.12. The molecule has 0 bridgehead atoms. The van der Waals surface area contributed by atoms with Crippen LogP contribution in [-0.2, 0) is 6.54 Å². The van der Waals surface area contributed by atoms with Gasteiger partial charge in [-0.2, -0.15) is 0 Å². The predicted octanol–water partition coefficient (Wildman–Crippen LogP) is 5.77. The smallest absolute Gasteiger partial charge is 0.262 e. The van der Waals surface area contributed by atoms with Gasteiger partial charge in [0.05, 0.1) is 23.2 Å². The minimum Gasteiger partial charge on any atom is -0.489 e. The highest BCUT2D eigenvalue weighted by molar-refractivity contribution is 6.32. The van der Waals surface area contributed by atoms with Crippen LogP contribution in [0.25, 0.3) is 6.08 Å². The summed E-state index contributed by atoms with van der Waals surface area (Å²) < 4.78 is 7.21. The van der Waals surface area contributed by atoms with Gasteiger partial charge in [0, 0.05) is 16.9 Å². The van der Waals surface area contributed by atoms with E-state index in [-0.39, 0.29) is 11.7 Å². The second-order valence-electron chi connectivity index (χ2n) is 6.70. The molecule has 1 aromatic heterocycles. The van der Waals surface area contributed by atoms with Crippen molar-refractivity contribution in [2.45, 2.75) is 26.5 Å². The fourth-order valence-corrected chi connectivity index (χ4v) is 3.07. The Balaban J connectivity index is 1.95. The largest absolute Gasteiger partial charge is 0.489 e. The monoisotopic (exact) mass is 429 g/mol. The van der Waals surface area contributed by atoms with Crippen LogP contribution in [0, 0.1) is 0 Å². The van der Waals surface area contributed by atoms with Crippen molar-refractivity contribution in [3.8, 4) is 5.75 Å². The van der Waals surface area contributed by atoms with Crippen molar-refractivity contribution in [3.05, 3.63) is 86.8 Å². The Kier molecular flexibility index (Phi) is 6.62. The summed E-state index contributed by atoms with van der Waals surface area (Å²) in [6.45, 7) is 7.88. The molecule has 7 heteroatoms. The van der Waals surface area contributed by atoms with E-state index in [1.165, 1.54) is 12.3 Å². The number of nitrogens with one attached hydrogen (secondary N) is 1. The first-order valence-electron chi connectivity index (χ1n) is 9.07. The molecule has 0 fully saturated rings. The van der Waals surface area contributed by atoms with E-state index in [0.717, 1.165) is 5.56 Å². The van der Waals surface area contributed by atoms with E-state index >= 15 is 0 Å². The topological polar surface area (TPSA) is 56.2 Å². The molecular weight excluding hydrogens is 409 g/mol. The molecule has 0 saturated heterocycles. The number of benzene rings is 2. The highest BCUT2D eigenvalue weighted by atomic mass is 35.5. The summed E-state index contributed by atoms with van der Waals surface area (Å²) in [5, 5.41) is 4.27. The van der Waals surface area contributed by atoms with Crippen molar-refractivity contribution >= 4 is 40.9 Å². The molecule has 3 rings (SSSR count). The van der Waals surface area contributed by atoms with Gasteiger partial charge in [-0.3, -0.25) is 9.36 Å². The van der Waals surface area contributed by atoms with E-state index in [9.17, 15) is 4.79 Å². The van der Waals surface area contributed by atoms with Crippen LogP contribution < -0.4 is 15.6 Å². The van der Waals surface area contributed by atoms with Crippen molar-refractivity contribution in [1.82, 2.24) is 9.55 Å². The van der Waals surface area contributed by atoms with E-state index in [1.807, 2.05) is 32.0 Å². The summed E-state index contributed by atoms with van der Waals surface area (Å²) in [5.41, 5.74) is 1.83. The van der Waals surface area contributed by atoms with Crippen molar-refractivity contribution in [2.24, 2.45) is 0 Å². The molecule has 0 atom stereocenters. The normalized spacial score (nSPS) is 10.8. The molecule has 0 saturated carbocycles. The van der Waals surface area contributed by atoms with Gasteiger partial charge in [-0.1, -0.05) is 48.0 Å². The maximum Gasteiger partial charge on any atom is 0.262 e. The Bertz CT molecular complexity index is 1080. The van der Waals surface area contributed by atoms with E-state index in [4.69, 9.17) is 27.9 Å². The van der Waals surface area contributed by atoms with E-state index < -0.39 is 0 Å². The first-order chi connectivity index (χ1) is 13.9. The Labute approximate surface area is 179 Å². The van der Waals surface area contributed by atoms with Crippen LogP contribution in [-0.4, -0.2) is 15.7 Å². The van der Waals surface area contributed by atoms with Crippen molar-refractivity contribution < 1.29 is 4.74 Å². The first kappa shape index (κ1) is 21.0. The zero-order valence-corrected chi connectivity index (χ0v) is 17.7. The molecule has 29 heavy (non-hydrogen) atoms. The molecule has 0 aliphatic rings. The molecule has 0 aliphatic carbocycles. The van der Waals surface area contributed by atoms with Gasteiger partial charge < -0.3 is 10.1 Å². The maximum absolute atomic E-state index is 12.9. The SMILES string of the molecule is C=Cc1cnc(Nc2ccc(OC(C)C)c(Cl)c2)n(Cc2ccc(Cl)cc2)c1=O. The molecule has 1 N–H and O–H groups in total. The van der Waals surface area contributed by atoms with E-state index in [0.29, 0.717) is 39.5 Å². The molecule has 0 spiro atoms. The van der Waals surface area contributed by atoms with Crippen molar-refractivity contribution in [2.75, 3.05) is 5.32 Å². The number of rotatable bonds is 7. The lowest BCUT2D eigenvalue weighted by Gasteiger charge is -2.16. The van der Waals surface area contributed by atoms with Crippen LogP contribution in [0.1, 0.15) is 25.0 Å². The summed E-state index contributed by atoms with van der Waals surface area (Å²) in [4.78, 5) is 17.3. The third kappa shape index (κ3) is 5.19. The van der Waals surface area contributed by atoms with Gasteiger partial charge in [-0.25, -0.2) is 4.98 Å². The van der Waals surface area contributed by atoms with E-state index in [1.54, 1.807) is 28.8 Å².